The molecule has 1 aromatic carbocycles. The SMILES string of the molecule is N#C/C(=C/NCCCc1ccccc1)C(=O)NC1CCCCC1. The van der Waals surface area contributed by atoms with Gasteiger partial charge in [-0.25, -0.2) is 0 Å². The second-order valence-electron chi connectivity index (χ2n) is 6.02. The van der Waals surface area contributed by atoms with Crippen LogP contribution in [0.25, 0.3) is 0 Å². The summed E-state index contributed by atoms with van der Waals surface area (Å²) in [4.78, 5) is 12.1. The highest BCUT2D eigenvalue weighted by Gasteiger charge is 2.17. The molecule has 0 heterocycles. The maximum atomic E-state index is 12.1. The quantitative estimate of drug-likeness (QED) is 0.462. The maximum Gasteiger partial charge on any atom is 0.263 e. The largest absolute Gasteiger partial charge is 0.390 e. The van der Waals surface area contributed by atoms with Gasteiger partial charge in [-0.3, -0.25) is 4.79 Å². The fourth-order valence-corrected chi connectivity index (χ4v) is 2.87. The molecule has 0 aromatic heterocycles. The molecule has 0 aliphatic heterocycles. The molecular formula is C19H25N3O. The third-order valence-corrected chi connectivity index (χ3v) is 4.18. The van der Waals surface area contributed by atoms with E-state index in [2.05, 4.69) is 22.8 Å². The van der Waals surface area contributed by atoms with Crippen molar-refractivity contribution in [2.45, 2.75) is 51.0 Å². The summed E-state index contributed by atoms with van der Waals surface area (Å²) < 4.78 is 0. The molecule has 122 valence electrons. The van der Waals surface area contributed by atoms with E-state index >= 15 is 0 Å². The topological polar surface area (TPSA) is 64.9 Å². The Balaban J connectivity index is 1.70. The van der Waals surface area contributed by atoms with Gasteiger partial charge in [0.25, 0.3) is 5.91 Å². The van der Waals surface area contributed by atoms with Crippen molar-refractivity contribution in [1.29, 1.82) is 5.26 Å². The second-order valence-corrected chi connectivity index (χ2v) is 6.02. The van der Waals surface area contributed by atoms with Gasteiger partial charge < -0.3 is 10.6 Å². The molecule has 1 aliphatic rings. The predicted molar refractivity (Wildman–Crippen MR) is 91.5 cm³/mol. The van der Waals surface area contributed by atoms with Crippen molar-refractivity contribution < 1.29 is 4.79 Å². The van der Waals surface area contributed by atoms with Crippen molar-refractivity contribution in [3.63, 3.8) is 0 Å². The fourth-order valence-electron chi connectivity index (χ4n) is 2.87. The minimum absolute atomic E-state index is 0.162. The van der Waals surface area contributed by atoms with Crippen LogP contribution in [0.3, 0.4) is 0 Å². The van der Waals surface area contributed by atoms with E-state index in [0.29, 0.717) is 0 Å². The lowest BCUT2D eigenvalue weighted by Crippen LogP contribution is -2.37. The molecule has 1 amide bonds. The lowest BCUT2D eigenvalue weighted by Gasteiger charge is -2.22. The van der Waals surface area contributed by atoms with Crippen LogP contribution in [0.15, 0.2) is 42.1 Å². The highest BCUT2D eigenvalue weighted by atomic mass is 16.1. The number of nitriles is 1. The van der Waals surface area contributed by atoms with Gasteiger partial charge in [0.2, 0.25) is 0 Å². The number of aryl methyl sites for hydroxylation is 1. The third-order valence-electron chi connectivity index (χ3n) is 4.18. The summed E-state index contributed by atoms with van der Waals surface area (Å²) in [6, 6.07) is 12.5. The Labute approximate surface area is 138 Å². The molecule has 2 rings (SSSR count). The predicted octanol–water partition coefficient (Wildman–Crippen LogP) is 3.07. The third kappa shape index (κ3) is 6.15. The number of hydrogen-bond acceptors (Lipinski definition) is 3. The monoisotopic (exact) mass is 311 g/mol. The molecule has 1 aromatic rings. The Hall–Kier alpha value is -2.28. The molecule has 0 unspecified atom stereocenters. The maximum absolute atomic E-state index is 12.1. The normalized spacial score (nSPS) is 15.7. The van der Waals surface area contributed by atoms with Gasteiger partial charge in [0.05, 0.1) is 0 Å². The van der Waals surface area contributed by atoms with Gasteiger partial charge in [0.1, 0.15) is 11.6 Å². The van der Waals surface area contributed by atoms with Crippen molar-refractivity contribution in [1.82, 2.24) is 10.6 Å². The molecule has 4 nitrogen and oxygen atoms in total. The molecule has 1 aliphatic carbocycles. The molecule has 0 spiro atoms. The molecule has 23 heavy (non-hydrogen) atoms. The van der Waals surface area contributed by atoms with Crippen molar-refractivity contribution >= 4 is 5.91 Å². The average Bonchev–Trinajstić information content (AvgIpc) is 2.60. The van der Waals surface area contributed by atoms with E-state index in [1.165, 1.54) is 12.0 Å². The smallest absolute Gasteiger partial charge is 0.263 e. The Morgan fingerprint density at radius 1 is 1.22 bits per heavy atom. The first-order valence-electron chi connectivity index (χ1n) is 8.48. The number of rotatable bonds is 7. The molecule has 0 saturated heterocycles. The first kappa shape index (κ1) is 17.1. The Kier molecular flexibility index (Phi) is 7.19. The zero-order chi connectivity index (χ0) is 16.3. The van der Waals surface area contributed by atoms with E-state index in [4.69, 9.17) is 5.26 Å². The summed E-state index contributed by atoms with van der Waals surface area (Å²) in [5.41, 5.74) is 1.46. The van der Waals surface area contributed by atoms with Crippen molar-refractivity contribution in [2.24, 2.45) is 0 Å². The van der Waals surface area contributed by atoms with Gasteiger partial charge in [0.15, 0.2) is 0 Å². The molecule has 1 saturated carbocycles. The van der Waals surface area contributed by atoms with Gasteiger partial charge >= 0.3 is 0 Å². The van der Waals surface area contributed by atoms with Gasteiger partial charge in [-0.05, 0) is 31.2 Å². The van der Waals surface area contributed by atoms with Gasteiger partial charge in [-0.1, -0.05) is 49.6 Å². The van der Waals surface area contributed by atoms with Crippen LogP contribution in [0.1, 0.15) is 44.1 Å². The van der Waals surface area contributed by atoms with Crippen LogP contribution in [-0.4, -0.2) is 18.5 Å². The molecule has 0 atom stereocenters. The first-order chi connectivity index (χ1) is 11.3. The Bertz CT molecular complexity index is 554. The summed E-state index contributed by atoms with van der Waals surface area (Å²) in [6.07, 6.45) is 9.10. The molecule has 2 N–H and O–H groups in total. The van der Waals surface area contributed by atoms with Crippen LogP contribution < -0.4 is 10.6 Å². The number of carbonyl (C=O) groups excluding carboxylic acids is 1. The summed E-state index contributed by atoms with van der Waals surface area (Å²) >= 11 is 0. The van der Waals surface area contributed by atoms with Crippen LogP contribution >= 0.6 is 0 Å². The summed E-state index contributed by atoms with van der Waals surface area (Å²) in [5.74, 6) is -0.255. The lowest BCUT2D eigenvalue weighted by atomic mass is 9.95. The van der Waals surface area contributed by atoms with E-state index in [1.807, 2.05) is 24.3 Å². The van der Waals surface area contributed by atoms with E-state index in [-0.39, 0.29) is 17.5 Å². The molecular weight excluding hydrogens is 286 g/mol. The zero-order valence-electron chi connectivity index (χ0n) is 13.6. The van der Waals surface area contributed by atoms with Crippen molar-refractivity contribution in [3.8, 4) is 6.07 Å². The average molecular weight is 311 g/mol. The lowest BCUT2D eigenvalue weighted by molar-refractivity contribution is -0.118. The van der Waals surface area contributed by atoms with Gasteiger partial charge in [-0.2, -0.15) is 5.26 Å². The van der Waals surface area contributed by atoms with Crippen LogP contribution in [-0.2, 0) is 11.2 Å². The number of carbonyl (C=O) groups is 1. The standard InChI is InChI=1S/C19H25N3O/c20-14-17(19(23)22-18-11-5-2-6-12-18)15-21-13-7-10-16-8-3-1-4-9-16/h1,3-4,8-9,15,18,21H,2,5-7,10-13H2,(H,22,23)/b17-15-. The fraction of sp³-hybridized carbons (Fsp3) is 0.474. The van der Waals surface area contributed by atoms with Crippen LogP contribution in [0.4, 0.5) is 0 Å². The van der Waals surface area contributed by atoms with Gasteiger partial charge in [-0.15, -0.1) is 0 Å². The highest BCUT2D eigenvalue weighted by Crippen LogP contribution is 2.17. The van der Waals surface area contributed by atoms with Gasteiger partial charge in [0, 0.05) is 18.8 Å². The minimum Gasteiger partial charge on any atom is -0.390 e. The molecule has 4 heteroatoms. The van der Waals surface area contributed by atoms with Crippen LogP contribution in [0.2, 0.25) is 0 Å². The minimum atomic E-state index is -0.255. The summed E-state index contributed by atoms with van der Waals surface area (Å²) in [6.45, 7) is 0.747. The van der Waals surface area contributed by atoms with Crippen molar-refractivity contribution in [2.75, 3.05) is 6.54 Å². The molecule has 0 radical (unpaired) electrons. The number of nitrogens with zero attached hydrogens (tertiary/aromatic N) is 1. The van der Waals surface area contributed by atoms with E-state index < -0.39 is 0 Å². The number of hydrogen-bond donors (Lipinski definition) is 2. The Morgan fingerprint density at radius 2 is 1.96 bits per heavy atom. The summed E-state index contributed by atoms with van der Waals surface area (Å²) in [7, 11) is 0. The van der Waals surface area contributed by atoms with Crippen molar-refractivity contribution in [3.05, 3.63) is 47.7 Å². The number of benzene rings is 1. The van der Waals surface area contributed by atoms with Crippen LogP contribution in [0.5, 0.6) is 0 Å². The zero-order valence-corrected chi connectivity index (χ0v) is 13.6. The highest BCUT2D eigenvalue weighted by molar-refractivity contribution is 5.97. The number of nitrogens with one attached hydrogen (secondary N) is 2. The van der Waals surface area contributed by atoms with Crippen LogP contribution in [0, 0.1) is 11.3 Å². The molecule has 1 fully saturated rings. The van der Waals surface area contributed by atoms with E-state index in [1.54, 1.807) is 6.20 Å². The second kappa shape index (κ2) is 9.68. The first-order valence-corrected chi connectivity index (χ1v) is 8.48. The molecule has 0 bridgehead atoms. The number of amides is 1. The summed E-state index contributed by atoms with van der Waals surface area (Å²) in [5, 5.41) is 15.2. The van der Waals surface area contributed by atoms with E-state index in [9.17, 15) is 4.79 Å². The van der Waals surface area contributed by atoms with E-state index in [0.717, 1.165) is 45.1 Å². The Morgan fingerprint density at radius 3 is 2.65 bits per heavy atom.